The minimum absolute atomic E-state index is 0.0937. The van der Waals surface area contributed by atoms with Crippen molar-refractivity contribution in [3.8, 4) is 5.69 Å². The largest absolute Gasteiger partial charge is 0.355 e. The van der Waals surface area contributed by atoms with Crippen LogP contribution in [0.1, 0.15) is 56.7 Å². The van der Waals surface area contributed by atoms with Crippen molar-refractivity contribution >= 4 is 17.7 Å². The van der Waals surface area contributed by atoms with Crippen LogP contribution in [0, 0.1) is 5.92 Å². The van der Waals surface area contributed by atoms with Gasteiger partial charge >= 0.3 is 0 Å². The normalized spacial score (nSPS) is 18.0. The minimum atomic E-state index is 0.0937. The Morgan fingerprint density at radius 2 is 1.85 bits per heavy atom. The Bertz CT molecular complexity index is 736. The maximum atomic E-state index is 12.3. The smallest absolute Gasteiger partial charge is 0.230 e. The summed E-state index contributed by atoms with van der Waals surface area (Å²) < 4.78 is 2.12. The molecule has 138 valence electrons. The zero-order valence-electron chi connectivity index (χ0n) is 15.1. The molecule has 2 aliphatic rings. The van der Waals surface area contributed by atoms with E-state index in [2.05, 4.69) is 32.2 Å². The van der Waals surface area contributed by atoms with E-state index in [1.165, 1.54) is 56.7 Å². The summed E-state index contributed by atoms with van der Waals surface area (Å²) in [4.78, 5) is 12.3. The van der Waals surface area contributed by atoms with Gasteiger partial charge in [-0.05, 0) is 43.7 Å². The van der Waals surface area contributed by atoms with E-state index in [1.807, 2.05) is 18.2 Å². The van der Waals surface area contributed by atoms with Crippen LogP contribution in [0.4, 0.5) is 0 Å². The molecule has 26 heavy (non-hydrogen) atoms. The third-order valence-electron chi connectivity index (χ3n) is 5.26. The highest BCUT2D eigenvalue weighted by atomic mass is 32.2. The molecule has 0 radical (unpaired) electrons. The van der Waals surface area contributed by atoms with E-state index < -0.39 is 0 Å². The highest BCUT2D eigenvalue weighted by Crippen LogP contribution is 2.41. The van der Waals surface area contributed by atoms with E-state index in [-0.39, 0.29) is 5.91 Å². The maximum absolute atomic E-state index is 12.3. The van der Waals surface area contributed by atoms with Gasteiger partial charge in [0.15, 0.2) is 5.16 Å². The van der Waals surface area contributed by atoms with Gasteiger partial charge < -0.3 is 5.32 Å². The SMILES string of the molecule is O=C(CSc1nnc(C2CC2)n1-c1ccccc1)NCC1CCCCC1. The van der Waals surface area contributed by atoms with Crippen LogP contribution in [0.15, 0.2) is 35.5 Å². The summed E-state index contributed by atoms with van der Waals surface area (Å²) in [5.41, 5.74) is 1.07. The lowest BCUT2D eigenvalue weighted by Crippen LogP contribution is -2.31. The molecule has 2 saturated carbocycles. The predicted molar refractivity (Wildman–Crippen MR) is 104 cm³/mol. The van der Waals surface area contributed by atoms with Crippen molar-refractivity contribution in [1.82, 2.24) is 20.1 Å². The second-order valence-electron chi connectivity index (χ2n) is 7.38. The number of benzene rings is 1. The molecule has 2 aromatic rings. The molecule has 0 saturated heterocycles. The predicted octanol–water partition coefficient (Wildman–Crippen LogP) is 3.93. The molecular formula is C20H26N4OS. The van der Waals surface area contributed by atoms with Crippen LogP contribution in [-0.4, -0.2) is 33.0 Å². The second kappa shape index (κ2) is 8.25. The van der Waals surface area contributed by atoms with Crippen LogP contribution in [-0.2, 0) is 4.79 Å². The molecule has 6 heteroatoms. The zero-order valence-corrected chi connectivity index (χ0v) is 15.9. The van der Waals surface area contributed by atoms with E-state index in [0.29, 0.717) is 17.6 Å². The third kappa shape index (κ3) is 4.29. The van der Waals surface area contributed by atoms with Crippen LogP contribution in [0.5, 0.6) is 0 Å². The fourth-order valence-corrected chi connectivity index (χ4v) is 4.42. The van der Waals surface area contributed by atoms with Gasteiger partial charge in [-0.1, -0.05) is 49.2 Å². The lowest BCUT2D eigenvalue weighted by molar-refractivity contribution is -0.118. The van der Waals surface area contributed by atoms with Gasteiger partial charge in [0, 0.05) is 18.2 Å². The van der Waals surface area contributed by atoms with Gasteiger partial charge in [0.25, 0.3) is 0 Å². The number of aromatic nitrogens is 3. The molecule has 0 spiro atoms. The summed E-state index contributed by atoms with van der Waals surface area (Å²) in [7, 11) is 0. The topological polar surface area (TPSA) is 59.8 Å². The molecule has 1 aromatic heterocycles. The van der Waals surface area contributed by atoms with E-state index in [1.54, 1.807) is 0 Å². The summed E-state index contributed by atoms with van der Waals surface area (Å²) in [5.74, 6) is 2.68. The van der Waals surface area contributed by atoms with Crippen molar-refractivity contribution < 1.29 is 4.79 Å². The van der Waals surface area contributed by atoms with Crippen LogP contribution in [0.3, 0.4) is 0 Å². The van der Waals surface area contributed by atoms with E-state index in [0.717, 1.165) is 23.2 Å². The molecule has 0 unspecified atom stereocenters. The number of thioether (sulfide) groups is 1. The van der Waals surface area contributed by atoms with Crippen molar-refractivity contribution in [2.75, 3.05) is 12.3 Å². The highest BCUT2D eigenvalue weighted by molar-refractivity contribution is 7.99. The molecule has 0 aliphatic heterocycles. The van der Waals surface area contributed by atoms with Gasteiger partial charge in [-0.2, -0.15) is 0 Å². The first-order chi connectivity index (χ1) is 12.8. The molecule has 1 amide bonds. The fraction of sp³-hybridized carbons (Fsp3) is 0.550. The van der Waals surface area contributed by atoms with Gasteiger partial charge in [-0.15, -0.1) is 10.2 Å². The van der Waals surface area contributed by atoms with Crippen molar-refractivity contribution in [3.63, 3.8) is 0 Å². The lowest BCUT2D eigenvalue weighted by atomic mass is 9.89. The molecule has 2 fully saturated rings. The summed E-state index contributed by atoms with van der Waals surface area (Å²) in [6.45, 7) is 0.818. The Hall–Kier alpha value is -1.82. The number of para-hydroxylation sites is 1. The molecule has 1 aromatic carbocycles. The third-order valence-corrected chi connectivity index (χ3v) is 6.19. The summed E-state index contributed by atoms with van der Waals surface area (Å²) >= 11 is 1.48. The van der Waals surface area contributed by atoms with Gasteiger partial charge in [0.2, 0.25) is 5.91 Å². The van der Waals surface area contributed by atoms with Crippen LogP contribution in [0.25, 0.3) is 5.69 Å². The molecule has 0 bridgehead atoms. The van der Waals surface area contributed by atoms with E-state index in [4.69, 9.17) is 0 Å². The second-order valence-corrected chi connectivity index (χ2v) is 8.33. The standard InChI is InChI=1S/C20H26N4OS/c25-18(21-13-15-7-3-1-4-8-15)14-26-20-23-22-19(16-11-12-16)24(20)17-9-5-2-6-10-17/h2,5-6,9-10,15-16H,1,3-4,7-8,11-14H2,(H,21,25). The van der Waals surface area contributed by atoms with Crippen molar-refractivity contribution in [2.45, 2.75) is 56.0 Å². The minimum Gasteiger partial charge on any atom is -0.355 e. The van der Waals surface area contributed by atoms with E-state index in [9.17, 15) is 4.79 Å². The quantitative estimate of drug-likeness (QED) is 0.750. The highest BCUT2D eigenvalue weighted by Gasteiger charge is 2.31. The van der Waals surface area contributed by atoms with Crippen LogP contribution in [0.2, 0.25) is 0 Å². The number of nitrogens with zero attached hydrogens (tertiary/aromatic N) is 3. The molecular weight excluding hydrogens is 344 g/mol. The monoisotopic (exact) mass is 370 g/mol. The first-order valence-electron chi connectivity index (χ1n) is 9.71. The number of rotatable bonds is 7. The number of carbonyl (C=O) groups excluding carboxylic acids is 1. The number of hydrogen-bond acceptors (Lipinski definition) is 4. The molecule has 2 aliphatic carbocycles. The fourth-order valence-electron chi connectivity index (χ4n) is 3.63. The Morgan fingerprint density at radius 1 is 1.08 bits per heavy atom. The number of amides is 1. The molecule has 1 heterocycles. The van der Waals surface area contributed by atoms with Gasteiger partial charge in [-0.3, -0.25) is 9.36 Å². The number of nitrogens with one attached hydrogen (secondary N) is 1. The summed E-state index contributed by atoms with van der Waals surface area (Å²) in [6.07, 6.45) is 8.81. The van der Waals surface area contributed by atoms with Crippen LogP contribution < -0.4 is 5.32 Å². The van der Waals surface area contributed by atoms with Crippen molar-refractivity contribution in [1.29, 1.82) is 0 Å². The number of hydrogen-bond donors (Lipinski definition) is 1. The average molecular weight is 371 g/mol. The van der Waals surface area contributed by atoms with Gasteiger partial charge in [-0.25, -0.2) is 0 Å². The van der Waals surface area contributed by atoms with E-state index >= 15 is 0 Å². The summed E-state index contributed by atoms with van der Waals surface area (Å²) in [6, 6.07) is 10.2. The Morgan fingerprint density at radius 3 is 2.58 bits per heavy atom. The molecule has 4 rings (SSSR count). The van der Waals surface area contributed by atoms with Gasteiger partial charge in [0.1, 0.15) is 5.82 Å². The Kier molecular flexibility index (Phi) is 5.58. The van der Waals surface area contributed by atoms with Crippen molar-refractivity contribution in [3.05, 3.63) is 36.2 Å². The lowest BCUT2D eigenvalue weighted by Gasteiger charge is -2.21. The maximum Gasteiger partial charge on any atom is 0.230 e. The number of carbonyl (C=O) groups is 1. The molecule has 5 nitrogen and oxygen atoms in total. The Balaban J connectivity index is 1.38. The average Bonchev–Trinajstić information content (AvgIpc) is 3.45. The van der Waals surface area contributed by atoms with Crippen LogP contribution >= 0.6 is 11.8 Å². The molecule has 1 N–H and O–H groups in total. The first-order valence-corrected chi connectivity index (χ1v) is 10.7. The molecule has 0 atom stereocenters. The first kappa shape index (κ1) is 17.6. The Labute approximate surface area is 159 Å². The summed E-state index contributed by atoms with van der Waals surface area (Å²) in [5, 5.41) is 12.7. The zero-order chi connectivity index (χ0) is 17.8. The van der Waals surface area contributed by atoms with Gasteiger partial charge in [0.05, 0.1) is 5.75 Å². The van der Waals surface area contributed by atoms with Crippen molar-refractivity contribution in [2.24, 2.45) is 5.92 Å².